The number of alkyl halides is 3. The van der Waals surface area contributed by atoms with Crippen molar-refractivity contribution in [2.24, 2.45) is 0 Å². The molecule has 4 aromatic rings. The average molecular weight is 421 g/mol. The third-order valence-electron chi connectivity index (χ3n) is 4.93. The fraction of sp³-hybridized carbons (Fsp3) is 0.190. The van der Waals surface area contributed by atoms with E-state index in [-0.39, 0.29) is 10.6 Å². The van der Waals surface area contributed by atoms with Crippen LogP contribution in [-0.4, -0.2) is 22.8 Å². The van der Waals surface area contributed by atoms with Crippen molar-refractivity contribution < 1.29 is 17.9 Å². The summed E-state index contributed by atoms with van der Waals surface area (Å²) >= 11 is 6.33. The predicted molar refractivity (Wildman–Crippen MR) is 108 cm³/mol. The minimum absolute atomic E-state index is 0.197. The molecule has 0 atom stereocenters. The normalized spacial score (nSPS) is 12.1. The van der Waals surface area contributed by atoms with E-state index in [1.807, 2.05) is 0 Å². The fourth-order valence-electron chi connectivity index (χ4n) is 3.81. The van der Waals surface area contributed by atoms with Crippen molar-refractivity contribution in [1.29, 1.82) is 0 Å². The number of aryl methyl sites for hydroxylation is 1. The highest BCUT2D eigenvalue weighted by Gasteiger charge is 2.31. The molecule has 0 amide bonds. The lowest BCUT2D eigenvalue weighted by Crippen LogP contribution is -2.18. The number of aromatic nitrogens is 2. The summed E-state index contributed by atoms with van der Waals surface area (Å²) in [5.41, 5.74) is 2.21. The van der Waals surface area contributed by atoms with Crippen LogP contribution in [0.1, 0.15) is 5.56 Å². The highest BCUT2D eigenvalue weighted by atomic mass is 35.5. The standard InChI is InChI=1S/C21H16ClF3N2O2/c1-11-18-16(8-7-15-19(18)14(22)9-17(28)26-15)27(10-21(23,24)25)20(11)12-3-5-13(29-2)6-4-12/h3-9H,10H2,1-2H3,(H,26,28). The Balaban J connectivity index is 2.12. The molecular weight excluding hydrogens is 405 g/mol. The van der Waals surface area contributed by atoms with Gasteiger partial charge in [0.15, 0.2) is 0 Å². The quantitative estimate of drug-likeness (QED) is 0.463. The van der Waals surface area contributed by atoms with Crippen molar-refractivity contribution in [2.45, 2.75) is 19.6 Å². The van der Waals surface area contributed by atoms with E-state index < -0.39 is 12.7 Å². The zero-order valence-electron chi connectivity index (χ0n) is 15.5. The number of H-pyrrole nitrogens is 1. The van der Waals surface area contributed by atoms with Crippen molar-refractivity contribution in [2.75, 3.05) is 7.11 Å². The number of hydrogen-bond acceptors (Lipinski definition) is 2. The van der Waals surface area contributed by atoms with Crippen LogP contribution in [0.15, 0.2) is 47.3 Å². The highest BCUT2D eigenvalue weighted by molar-refractivity contribution is 6.37. The van der Waals surface area contributed by atoms with E-state index >= 15 is 0 Å². The van der Waals surface area contributed by atoms with Crippen LogP contribution in [0.3, 0.4) is 0 Å². The van der Waals surface area contributed by atoms with Crippen LogP contribution >= 0.6 is 11.6 Å². The average Bonchev–Trinajstić information content (AvgIpc) is 2.91. The summed E-state index contributed by atoms with van der Waals surface area (Å²) in [6, 6.07) is 11.2. The number of nitrogens with one attached hydrogen (secondary N) is 1. The third-order valence-corrected chi connectivity index (χ3v) is 5.23. The Hall–Kier alpha value is -2.93. The summed E-state index contributed by atoms with van der Waals surface area (Å²) in [7, 11) is 1.52. The molecule has 1 N–H and O–H groups in total. The Labute approximate surface area is 168 Å². The monoisotopic (exact) mass is 420 g/mol. The van der Waals surface area contributed by atoms with Crippen LogP contribution in [0.2, 0.25) is 5.02 Å². The summed E-state index contributed by atoms with van der Waals surface area (Å²) in [4.78, 5) is 14.5. The maximum absolute atomic E-state index is 13.4. The van der Waals surface area contributed by atoms with Gasteiger partial charge in [0, 0.05) is 22.4 Å². The lowest BCUT2D eigenvalue weighted by Gasteiger charge is -2.14. The second-order valence-electron chi connectivity index (χ2n) is 6.77. The molecule has 150 valence electrons. The van der Waals surface area contributed by atoms with Crippen LogP contribution in [0.5, 0.6) is 5.75 Å². The van der Waals surface area contributed by atoms with Crippen molar-refractivity contribution >= 4 is 33.4 Å². The predicted octanol–water partition coefficient (Wildman–Crippen LogP) is 5.68. The maximum Gasteiger partial charge on any atom is 0.406 e. The molecule has 0 saturated heterocycles. The van der Waals surface area contributed by atoms with E-state index in [4.69, 9.17) is 16.3 Å². The molecule has 0 fully saturated rings. The van der Waals surface area contributed by atoms with Gasteiger partial charge in [-0.25, -0.2) is 0 Å². The Morgan fingerprint density at radius 2 is 1.79 bits per heavy atom. The summed E-state index contributed by atoms with van der Waals surface area (Å²) in [6.07, 6.45) is -4.41. The topological polar surface area (TPSA) is 47.0 Å². The number of fused-ring (bicyclic) bond motifs is 3. The van der Waals surface area contributed by atoms with Gasteiger partial charge in [-0.05, 0) is 54.4 Å². The van der Waals surface area contributed by atoms with Gasteiger partial charge in [-0.3, -0.25) is 4.79 Å². The number of pyridine rings is 1. The van der Waals surface area contributed by atoms with Gasteiger partial charge < -0.3 is 14.3 Å². The Bertz CT molecular complexity index is 1290. The van der Waals surface area contributed by atoms with E-state index in [0.29, 0.717) is 44.4 Å². The van der Waals surface area contributed by atoms with Gasteiger partial charge in [-0.15, -0.1) is 0 Å². The maximum atomic E-state index is 13.4. The smallest absolute Gasteiger partial charge is 0.406 e. The molecule has 0 aliphatic heterocycles. The molecule has 0 bridgehead atoms. The fourth-order valence-corrected chi connectivity index (χ4v) is 4.11. The number of halogens is 4. The number of hydrogen-bond donors (Lipinski definition) is 1. The van der Waals surface area contributed by atoms with Crippen LogP contribution < -0.4 is 10.3 Å². The molecule has 29 heavy (non-hydrogen) atoms. The van der Waals surface area contributed by atoms with E-state index in [9.17, 15) is 18.0 Å². The SMILES string of the molecule is COc1ccc(-c2c(C)c3c4c(Cl)cc(=O)[nH]c4ccc3n2CC(F)(F)F)cc1. The number of nitrogens with zero attached hydrogens (tertiary/aromatic N) is 1. The highest BCUT2D eigenvalue weighted by Crippen LogP contribution is 2.40. The minimum Gasteiger partial charge on any atom is -0.497 e. The second-order valence-corrected chi connectivity index (χ2v) is 7.17. The lowest BCUT2D eigenvalue weighted by molar-refractivity contribution is -0.139. The van der Waals surface area contributed by atoms with Gasteiger partial charge in [-0.2, -0.15) is 13.2 Å². The first-order valence-electron chi connectivity index (χ1n) is 8.75. The van der Waals surface area contributed by atoms with Crippen molar-refractivity contribution in [3.8, 4) is 17.0 Å². The Morgan fingerprint density at radius 3 is 2.41 bits per heavy atom. The van der Waals surface area contributed by atoms with Gasteiger partial charge in [0.25, 0.3) is 0 Å². The molecule has 4 rings (SSSR count). The van der Waals surface area contributed by atoms with Crippen LogP contribution in [-0.2, 0) is 6.54 Å². The van der Waals surface area contributed by atoms with E-state index in [2.05, 4.69) is 4.98 Å². The molecule has 2 heterocycles. The number of ether oxygens (including phenoxy) is 1. The minimum atomic E-state index is -4.41. The first kappa shape index (κ1) is 19.4. The Kier molecular flexibility index (Phi) is 4.58. The number of methoxy groups -OCH3 is 1. The largest absolute Gasteiger partial charge is 0.497 e. The molecular formula is C21H16ClF3N2O2. The first-order valence-corrected chi connectivity index (χ1v) is 9.13. The zero-order valence-corrected chi connectivity index (χ0v) is 16.3. The number of benzene rings is 2. The van der Waals surface area contributed by atoms with Gasteiger partial charge in [0.05, 0.1) is 23.3 Å². The molecule has 0 unspecified atom stereocenters. The van der Waals surface area contributed by atoms with E-state index in [1.165, 1.54) is 17.7 Å². The van der Waals surface area contributed by atoms with Crippen LogP contribution in [0, 0.1) is 6.92 Å². The van der Waals surface area contributed by atoms with E-state index in [0.717, 1.165) is 0 Å². The van der Waals surface area contributed by atoms with Gasteiger partial charge in [0.1, 0.15) is 12.3 Å². The molecule has 0 aliphatic rings. The molecule has 0 radical (unpaired) electrons. The van der Waals surface area contributed by atoms with E-state index in [1.54, 1.807) is 43.3 Å². The van der Waals surface area contributed by atoms with Crippen molar-refractivity contribution in [3.05, 3.63) is 63.4 Å². The van der Waals surface area contributed by atoms with Gasteiger partial charge in [0.2, 0.25) is 5.56 Å². The van der Waals surface area contributed by atoms with Gasteiger partial charge in [-0.1, -0.05) is 11.6 Å². The molecule has 0 aliphatic carbocycles. The molecule has 0 spiro atoms. The number of rotatable bonds is 3. The number of aromatic amines is 1. The van der Waals surface area contributed by atoms with Crippen LogP contribution in [0.25, 0.3) is 33.1 Å². The van der Waals surface area contributed by atoms with Crippen molar-refractivity contribution in [1.82, 2.24) is 9.55 Å². The summed E-state index contributed by atoms with van der Waals surface area (Å²) in [6.45, 7) is 0.612. The first-order chi connectivity index (χ1) is 13.7. The Morgan fingerprint density at radius 1 is 1.10 bits per heavy atom. The molecule has 2 aromatic heterocycles. The van der Waals surface area contributed by atoms with Crippen LogP contribution in [0.4, 0.5) is 13.2 Å². The van der Waals surface area contributed by atoms with Crippen molar-refractivity contribution in [3.63, 3.8) is 0 Å². The summed E-state index contributed by atoms with van der Waals surface area (Å²) in [5.74, 6) is 0.607. The lowest BCUT2D eigenvalue weighted by atomic mass is 10.0. The third kappa shape index (κ3) is 3.35. The zero-order chi connectivity index (χ0) is 20.9. The second kappa shape index (κ2) is 6.84. The molecule has 0 saturated carbocycles. The van der Waals surface area contributed by atoms with Gasteiger partial charge >= 0.3 is 6.18 Å². The molecule has 4 nitrogen and oxygen atoms in total. The molecule has 2 aromatic carbocycles. The summed E-state index contributed by atoms with van der Waals surface area (Å²) < 4.78 is 46.7. The molecule has 8 heteroatoms. The summed E-state index contributed by atoms with van der Waals surface area (Å²) in [5, 5.41) is 1.30.